The Hall–Kier alpha value is 0.977. The Labute approximate surface area is 82.0 Å². The summed E-state index contributed by atoms with van der Waals surface area (Å²) in [5, 5.41) is 0. The van der Waals surface area contributed by atoms with E-state index in [0.717, 1.165) is 0 Å². The summed E-state index contributed by atoms with van der Waals surface area (Å²) in [6.07, 6.45) is 5.96. The van der Waals surface area contributed by atoms with Crippen LogP contribution >= 0.6 is 32.9 Å². The average Bonchev–Trinajstić information content (AvgIpc) is 1.78. The standard InChI is InChI=1S/C7H14ClISi/c1-3-4-5-6-7-10(2,8)9/h6-7H,3-5H2,1-2H3/b7-6+. The Balaban J connectivity index is 3.37. The van der Waals surface area contributed by atoms with Crippen LogP contribution in [-0.4, -0.2) is 4.88 Å². The molecule has 0 N–H and O–H groups in total. The second-order valence-electron chi connectivity index (χ2n) is 2.50. The van der Waals surface area contributed by atoms with E-state index < -0.39 is 4.88 Å². The third-order valence-corrected chi connectivity index (χ3v) is 3.41. The molecule has 0 aliphatic heterocycles. The molecule has 0 heterocycles. The van der Waals surface area contributed by atoms with E-state index in [9.17, 15) is 0 Å². The van der Waals surface area contributed by atoms with Crippen molar-refractivity contribution in [2.75, 3.05) is 0 Å². The van der Waals surface area contributed by atoms with Crippen molar-refractivity contribution in [2.24, 2.45) is 0 Å². The van der Waals surface area contributed by atoms with Crippen LogP contribution in [0.3, 0.4) is 0 Å². The van der Waals surface area contributed by atoms with Crippen LogP contribution in [0.1, 0.15) is 26.2 Å². The van der Waals surface area contributed by atoms with Gasteiger partial charge in [0.05, 0.1) is 0 Å². The monoisotopic (exact) mass is 288 g/mol. The Bertz CT molecular complexity index is 107. The van der Waals surface area contributed by atoms with Gasteiger partial charge in [0.25, 0.3) is 0 Å². The molecule has 0 aliphatic carbocycles. The van der Waals surface area contributed by atoms with E-state index in [2.05, 4.69) is 47.0 Å². The molecule has 3 heteroatoms. The molecule has 0 aromatic carbocycles. The smallest absolute Gasteiger partial charge is 0.148 e. The van der Waals surface area contributed by atoms with E-state index >= 15 is 0 Å². The Kier molecular flexibility index (Phi) is 6.15. The van der Waals surface area contributed by atoms with Gasteiger partial charge in [-0.15, -0.1) is 11.1 Å². The van der Waals surface area contributed by atoms with Crippen LogP contribution in [0, 0.1) is 0 Å². The molecule has 0 rings (SSSR count). The summed E-state index contributed by atoms with van der Waals surface area (Å²) in [5.74, 6) is 0. The molecule has 60 valence electrons. The lowest BCUT2D eigenvalue weighted by molar-refractivity contribution is 0.815. The first-order valence-electron chi connectivity index (χ1n) is 3.62. The van der Waals surface area contributed by atoms with Crippen LogP contribution in [0.5, 0.6) is 0 Å². The second-order valence-corrected chi connectivity index (χ2v) is 15.7. The molecule has 10 heavy (non-hydrogen) atoms. The predicted molar refractivity (Wildman–Crippen MR) is 60.2 cm³/mol. The minimum absolute atomic E-state index is 1.19. The lowest BCUT2D eigenvalue weighted by atomic mass is 10.2. The van der Waals surface area contributed by atoms with E-state index in [0.29, 0.717) is 0 Å². The van der Waals surface area contributed by atoms with Gasteiger partial charge in [-0.05, 0) is 13.0 Å². The molecule has 0 saturated carbocycles. The molecular weight excluding hydrogens is 275 g/mol. The van der Waals surface area contributed by atoms with Gasteiger partial charge in [-0.1, -0.05) is 53.3 Å². The topological polar surface area (TPSA) is 0 Å². The fourth-order valence-corrected chi connectivity index (χ4v) is 2.22. The normalized spacial score (nSPS) is 17.6. The number of rotatable bonds is 4. The first-order valence-corrected chi connectivity index (χ1v) is 10.3. The quantitative estimate of drug-likeness (QED) is 0.317. The lowest BCUT2D eigenvalue weighted by Crippen LogP contribution is -2.05. The van der Waals surface area contributed by atoms with Gasteiger partial charge < -0.3 is 0 Å². The van der Waals surface area contributed by atoms with Crippen LogP contribution in [0.4, 0.5) is 0 Å². The van der Waals surface area contributed by atoms with Gasteiger partial charge in [-0.3, -0.25) is 0 Å². The molecule has 1 unspecified atom stereocenters. The molecule has 0 amide bonds. The zero-order chi connectivity index (χ0) is 8.04. The predicted octanol–water partition coefficient (Wildman–Crippen LogP) is 4.02. The number of allylic oxidation sites excluding steroid dienone is 1. The highest BCUT2D eigenvalue weighted by Gasteiger charge is 2.13. The molecule has 0 bridgehead atoms. The van der Waals surface area contributed by atoms with E-state index in [1.807, 2.05) is 0 Å². The van der Waals surface area contributed by atoms with Crippen molar-refractivity contribution in [3.05, 3.63) is 11.8 Å². The van der Waals surface area contributed by atoms with Gasteiger partial charge in [0, 0.05) is 0 Å². The summed E-state index contributed by atoms with van der Waals surface area (Å²) in [6, 6.07) is 0. The zero-order valence-corrected chi connectivity index (χ0v) is 10.4. The fraction of sp³-hybridized carbons (Fsp3) is 0.714. The molecule has 0 spiro atoms. The highest BCUT2D eigenvalue weighted by atomic mass is 127. The van der Waals surface area contributed by atoms with Crippen molar-refractivity contribution in [1.82, 2.24) is 0 Å². The zero-order valence-electron chi connectivity index (χ0n) is 6.53. The minimum atomic E-state index is -1.45. The van der Waals surface area contributed by atoms with Crippen molar-refractivity contribution in [1.29, 1.82) is 0 Å². The third kappa shape index (κ3) is 8.98. The molecular formula is C7H14ClISi. The van der Waals surface area contributed by atoms with Crippen molar-refractivity contribution in [3.8, 4) is 0 Å². The summed E-state index contributed by atoms with van der Waals surface area (Å²) < 4.78 is 0. The van der Waals surface area contributed by atoms with Crippen molar-refractivity contribution in [2.45, 2.75) is 32.7 Å². The molecule has 0 saturated heterocycles. The summed E-state index contributed by atoms with van der Waals surface area (Å²) >= 11 is 8.40. The Morgan fingerprint density at radius 1 is 1.60 bits per heavy atom. The summed E-state index contributed by atoms with van der Waals surface area (Å²) in [6.45, 7) is 4.33. The first kappa shape index (κ1) is 11.0. The molecule has 0 nitrogen and oxygen atoms in total. The molecule has 0 radical (unpaired) electrons. The fourth-order valence-electron chi connectivity index (χ4n) is 0.612. The summed E-state index contributed by atoms with van der Waals surface area (Å²) in [5.41, 5.74) is 2.19. The van der Waals surface area contributed by atoms with Gasteiger partial charge in [0.15, 0.2) is 0 Å². The largest absolute Gasteiger partial charge is 0.240 e. The number of unbranched alkanes of at least 4 members (excludes halogenated alkanes) is 2. The number of hydrogen-bond donors (Lipinski definition) is 0. The average molecular weight is 289 g/mol. The maximum absolute atomic E-state index is 6.05. The summed E-state index contributed by atoms with van der Waals surface area (Å²) in [7, 11) is 0. The molecule has 1 atom stereocenters. The van der Waals surface area contributed by atoms with E-state index in [-0.39, 0.29) is 0 Å². The van der Waals surface area contributed by atoms with Gasteiger partial charge in [0.2, 0.25) is 4.88 Å². The minimum Gasteiger partial charge on any atom is -0.148 e. The van der Waals surface area contributed by atoms with E-state index in [1.165, 1.54) is 19.3 Å². The van der Waals surface area contributed by atoms with Crippen molar-refractivity contribution < 1.29 is 0 Å². The first-order chi connectivity index (χ1) is 4.56. The Morgan fingerprint density at radius 3 is 2.60 bits per heavy atom. The number of hydrogen-bond acceptors (Lipinski definition) is 0. The van der Waals surface area contributed by atoms with Crippen LogP contribution < -0.4 is 0 Å². The van der Waals surface area contributed by atoms with Crippen molar-refractivity contribution in [3.63, 3.8) is 0 Å². The summed E-state index contributed by atoms with van der Waals surface area (Å²) in [4.78, 5) is -1.45. The van der Waals surface area contributed by atoms with Crippen LogP contribution in [0.25, 0.3) is 0 Å². The molecule has 0 aromatic rings. The second kappa shape index (κ2) is 5.60. The Morgan fingerprint density at radius 2 is 2.20 bits per heavy atom. The van der Waals surface area contributed by atoms with Crippen molar-refractivity contribution >= 4 is 37.8 Å². The molecule has 0 aliphatic rings. The van der Waals surface area contributed by atoms with Gasteiger partial charge >= 0.3 is 0 Å². The van der Waals surface area contributed by atoms with Crippen LogP contribution in [0.15, 0.2) is 11.8 Å². The van der Waals surface area contributed by atoms with Gasteiger partial charge in [0.1, 0.15) is 0 Å². The van der Waals surface area contributed by atoms with Crippen LogP contribution in [-0.2, 0) is 0 Å². The molecule has 0 fully saturated rings. The third-order valence-electron chi connectivity index (χ3n) is 1.13. The lowest BCUT2D eigenvalue weighted by Gasteiger charge is -2.01. The molecule has 0 aromatic heterocycles. The van der Waals surface area contributed by atoms with E-state index in [1.54, 1.807) is 0 Å². The van der Waals surface area contributed by atoms with Gasteiger partial charge in [-0.2, -0.15) is 0 Å². The maximum Gasteiger partial charge on any atom is 0.240 e. The number of halogens is 2. The maximum atomic E-state index is 6.05. The van der Waals surface area contributed by atoms with E-state index in [4.69, 9.17) is 11.1 Å². The highest BCUT2D eigenvalue weighted by molar-refractivity contribution is 14.1. The van der Waals surface area contributed by atoms with Gasteiger partial charge in [-0.25, -0.2) is 0 Å². The SMILES string of the molecule is CCCC/C=C/[Si](C)(Cl)I. The highest BCUT2D eigenvalue weighted by Crippen LogP contribution is 2.19. The van der Waals surface area contributed by atoms with Crippen LogP contribution in [0.2, 0.25) is 6.55 Å².